The van der Waals surface area contributed by atoms with Crippen molar-refractivity contribution in [3.05, 3.63) is 34.9 Å². The highest BCUT2D eigenvalue weighted by atomic mass is 35.5. The normalized spacial score (nSPS) is 22.6. The third kappa shape index (κ3) is 2.41. The molecule has 1 aliphatic rings. The first-order valence-corrected chi connectivity index (χ1v) is 6.38. The molecular formula is C14H20ClN. The molecule has 1 atom stereocenters. The van der Waals surface area contributed by atoms with Crippen molar-refractivity contribution in [1.29, 1.82) is 0 Å². The Morgan fingerprint density at radius 3 is 2.38 bits per heavy atom. The minimum atomic E-state index is 0.251. The van der Waals surface area contributed by atoms with E-state index in [2.05, 4.69) is 37.8 Å². The van der Waals surface area contributed by atoms with Crippen LogP contribution in [0.4, 0.5) is 0 Å². The standard InChI is InChI=1S/C14H20ClN/c1-14(2,3)16-10-4-5-13(16)11-6-8-12(15)9-7-11/h6-9,13H,4-5,10H2,1-3H3/t13-/m1/s1. The second-order valence-electron chi connectivity index (χ2n) is 5.57. The van der Waals surface area contributed by atoms with E-state index in [1.54, 1.807) is 0 Å². The predicted molar refractivity (Wildman–Crippen MR) is 69.9 cm³/mol. The summed E-state index contributed by atoms with van der Waals surface area (Å²) in [6.45, 7) is 8.08. The Balaban J connectivity index is 2.23. The second-order valence-corrected chi connectivity index (χ2v) is 6.01. The van der Waals surface area contributed by atoms with Gasteiger partial charge in [0.05, 0.1) is 0 Å². The van der Waals surface area contributed by atoms with Gasteiger partial charge in [-0.15, -0.1) is 0 Å². The molecule has 0 N–H and O–H groups in total. The number of benzene rings is 1. The summed E-state index contributed by atoms with van der Waals surface area (Å²) in [7, 11) is 0. The Labute approximate surface area is 103 Å². The largest absolute Gasteiger partial charge is 0.291 e. The summed E-state index contributed by atoms with van der Waals surface area (Å²) >= 11 is 5.93. The molecular weight excluding hydrogens is 218 g/mol. The van der Waals surface area contributed by atoms with Gasteiger partial charge in [0.25, 0.3) is 0 Å². The van der Waals surface area contributed by atoms with E-state index in [1.165, 1.54) is 24.9 Å². The predicted octanol–water partition coefficient (Wildman–Crippen LogP) is 4.28. The zero-order valence-corrected chi connectivity index (χ0v) is 11.1. The lowest BCUT2D eigenvalue weighted by Gasteiger charge is -2.37. The quantitative estimate of drug-likeness (QED) is 0.705. The molecule has 1 aromatic rings. The third-order valence-corrected chi connectivity index (χ3v) is 3.62. The fraction of sp³-hybridized carbons (Fsp3) is 0.571. The summed E-state index contributed by atoms with van der Waals surface area (Å²) in [6.07, 6.45) is 2.56. The number of halogens is 1. The molecule has 1 aliphatic heterocycles. The lowest BCUT2D eigenvalue weighted by molar-refractivity contribution is 0.121. The van der Waals surface area contributed by atoms with E-state index in [0.29, 0.717) is 6.04 Å². The van der Waals surface area contributed by atoms with Crippen LogP contribution in [-0.4, -0.2) is 17.0 Å². The van der Waals surface area contributed by atoms with Gasteiger partial charge in [0.2, 0.25) is 0 Å². The second kappa shape index (κ2) is 4.38. The van der Waals surface area contributed by atoms with Gasteiger partial charge >= 0.3 is 0 Å². The summed E-state index contributed by atoms with van der Waals surface area (Å²) in [5, 5.41) is 0.823. The monoisotopic (exact) mass is 237 g/mol. The first kappa shape index (κ1) is 11.9. The molecule has 1 fully saturated rings. The van der Waals surface area contributed by atoms with Crippen LogP contribution in [0, 0.1) is 0 Å². The average Bonchev–Trinajstić information content (AvgIpc) is 2.66. The van der Waals surface area contributed by atoms with E-state index >= 15 is 0 Å². The van der Waals surface area contributed by atoms with Gasteiger partial charge < -0.3 is 0 Å². The highest BCUT2D eigenvalue weighted by Gasteiger charge is 2.33. The first-order valence-electron chi connectivity index (χ1n) is 6.01. The lowest BCUT2D eigenvalue weighted by atomic mass is 9.99. The van der Waals surface area contributed by atoms with Crippen molar-refractivity contribution in [3.8, 4) is 0 Å². The molecule has 1 saturated heterocycles. The van der Waals surface area contributed by atoms with Crippen LogP contribution in [0.2, 0.25) is 5.02 Å². The molecule has 0 bridgehead atoms. The Morgan fingerprint density at radius 1 is 1.19 bits per heavy atom. The number of hydrogen-bond donors (Lipinski definition) is 0. The molecule has 0 unspecified atom stereocenters. The molecule has 0 spiro atoms. The van der Waals surface area contributed by atoms with Crippen molar-refractivity contribution >= 4 is 11.6 Å². The van der Waals surface area contributed by atoms with Crippen molar-refractivity contribution in [2.24, 2.45) is 0 Å². The molecule has 16 heavy (non-hydrogen) atoms. The lowest BCUT2D eigenvalue weighted by Crippen LogP contribution is -2.40. The maximum Gasteiger partial charge on any atom is 0.0406 e. The molecule has 0 aliphatic carbocycles. The van der Waals surface area contributed by atoms with Gasteiger partial charge in [0.15, 0.2) is 0 Å². The topological polar surface area (TPSA) is 3.24 Å². The molecule has 0 aromatic heterocycles. The molecule has 1 nitrogen and oxygen atoms in total. The van der Waals surface area contributed by atoms with E-state index in [4.69, 9.17) is 11.6 Å². The van der Waals surface area contributed by atoms with Crippen molar-refractivity contribution in [2.45, 2.75) is 45.2 Å². The fourth-order valence-electron chi connectivity index (χ4n) is 2.60. The fourth-order valence-corrected chi connectivity index (χ4v) is 2.73. The Hall–Kier alpha value is -0.530. The highest BCUT2D eigenvalue weighted by molar-refractivity contribution is 6.30. The summed E-state index contributed by atoms with van der Waals surface area (Å²) in [5.41, 5.74) is 1.65. The zero-order valence-electron chi connectivity index (χ0n) is 10.3. The summed E-state index contributed by atoms with van der Waals surface area (Å²) in [5.74, 6) is 0. The number of nitrogens with zero attached hydrogens (tertiary/aromatic N) is 1. The van der Waals surface area contributed by atoms with E-state index in [-0.39, 0.29) is 5.54 Å². The average molecular weight is 238 g/mol. The SMILES string of the molecule is CC(C)(C)N1CCC[C@@H]1c1ccc(Cl)cc1. The van der Waals surface area contributed by atoms with Crippen molar-refractivity contribution in [3.63, 3.8) is 0 Å². The van der Waals surface area contributed by atoms with Gasteiger partial charge in [-0.1, -0.05) is 23.7 Å². The molecule has 88 valence electrons. The Bertz CT molecular complexity index is 350. The van der Waals surface area contributed by atoms with E-state index in [9.17, 15) is 0 Å². The third-order valence-electron chi connectivity index (χ3n) is 3.37. The van der Waals surface area contributed by atoms with Gasteiger partial charge in [0, 0.05) is 16.6 Å². The number of hydrogen-bond acceptors (Lipinski definition) is 1. The van der Waals surface area contributed by atoms with Crippen molar-refractivity contribution in [2.75, 3.05) is 6.54 Å². The molecule has 2 heteroatoms. The van der Waals surface area contributed by atoms with Crippen LogP contribution in [0.25, 0.3) is 0 Å². The van der Waals surface area contributed by atoms with Crippen molar-refractivity contribution < 1.29 is 0 Å². The van der Waals surface area contributed by atoms with Gasteiger partial charge in [-0.3, -0.25) is 4.90 Å². The van der Waals surface area contributed by atoms with Gasteiger partial charge in [0.1, 0.15) is 0 Å². The molecule has 2 rings (SSSR count). The van der Waals surface area contributed by atoms with E-state index < -0.39 is 0 Å². The summed E-state index contributed by atoms with van der Waals surface area (Å²) in [4.78, 5) is 2.59. The Morgan fingerprint density at radius 2 is 1.81 bits per heavy atom. The summed E-state index contributed by atoms with van der Waals surface area (Å²) < 4.78 is 0. The number of likely N-dealkylation sites (tertiary alicyclic amines) is 1. The van der Waals surface area contributed by atoms with Crippen LogP contribution in [0.1, 0.15) is 45.2 Å². The molecule has 1 heterocycles. The maximum absolute atomic E-state index is 5.93. The van der Waals surface area contributed by atoms with Crippen LogP contribution >= 0.6 is 11.6 Å². The zero-order chi connectivity index (χ0) is 11.8. The molecule has 0 saturated carbocycles. The van der Waals surface area contributed by atoms with Crippen LogP contribution in [-0.2, 0) is 0 Å². The van der Waals surface area contributed by atoms with E-state index in [1.807, 2.05) is 12.1 Å². The molecule has 1 aromatic carbocycles. The molecule has 0 radical (unpaired) electrons. The maximum atomic E-state index is 5.93. The minimum Gasteiger partial charge on any atom is -0.291 e. The van der Waals surface area contributed by atoms with Crippen molar-refractivity contribution in [1.82, 2.24) is 4.90 Å². The van der Waals surface area contributed by atoms with Crippen LogP contribution in [0.15, 0.2) is 24.3 Å². The smallest absolute Gasteiger partial charge is 0.0406 e. The Kier molecular flexibility index (Phi) is 3.27. The van der Waals surface area contributed by atoms with E-state index in [0.717, 1.165) is 5.02 Å². The van der Waals surface area contributed by atoms with Gasteiger partial charge in [-0.05, 0) is 57.9 Å². The molecule has 0 amide bonds. The van der Waals surface area contributed by atoms with Gasteiger partial charge in [-0.2, -0.15) is 0 Å². The highest BCUT2D eigenvalue weighted by Crippen LogP contribution is 2.37. The summed E-state index contributed by atoms with van der Waals surface area (Å²) in [6, 6.07) is 8.89. The van der Waals surface area contributed by atoms with Crippen LogP contribution < -0.4 is 0 Å². The first-order chi connectivity index (χ1) is 7.48. The minimum absolute atomic E-state index is 0.251. The van der Waals surface area contributed by atoms with Crippen LogP contribution in [0.3, 0.4) is 0 Å². The van der Waals surface area contributed by atoms with Gasteiger partial charge in [-0.25, -0.2) is 0 Å². The number of rotatable bonds is 1. The van der Waals surface area contributed by atoms with Crippen LogP contribution in [0.5, 0.6) is 0 Å².